The molecule has 0 radical (unpaired) electrons. The van der Waals surface area contributed by atoms with Crippen molar-refractivity contribution in [1.29, 1.82) is 0 Å². The molecule has 4 aromatic carbocycles. The van der Waals surface area contributed by atoms with Crippen molar-refractivity contribution in [3.8, 4) is 0 Å². The van der Waals surface area contributed by atoms with Crippen molar-refractivity contribution in [3.63, 3.8) is 0 Å². The second kappa shape index (κ2) is 11.3. The van der Waals surface area contributed by atoms with Gasteiger partial charge in [-0.1, -0.05) is 54.6 Å². The molecule has 7 nitrogen and oxygen atoms in total. The number of rotatable bonds is 8. The summed E-state index contributed by atoms with van der Waals surface area (Å²) >= 11 is 0. The predicted molar refractivity (Wildman–Crippen MR) is 150 cm³/mol. The molecule has 9 heteroatoms. The lowest BCUT2D eigenvalue weighted by Gasteiger charge is -2.22. The van der Waals surface area contributed by atoms with Gasteiger partial charge in [-0.2, -0.15) is 0 Å². The van der Waals surface area contributed by atoms with Crippen molar-refractivity contribution in [1.82, 2.24) is 10.0 Å². The van der Waals surface area contributed by atoms with E-state index in [4.69, 9.17) is 0 Å². The van der Waals surface area contributed by atoms with Gasteiger partial charge in [-0.15, -0.1) is 0 Å². The van der Waals surface area contributed by atoms with Crippen molar-refractivity contribution >= 4 is 38.3 Å². The predicted octanol–water partition coefficient (Wildman–Crippen LogP) is 5.04. The number of benzene rings is 4. The Morgan fingerprint density at radius 3 is 2.13 bits per heavy atom. The Morgan fingerprint density at radius 1 is 0.821 bits per heavy atom. The quantitative estimate of drug-likeness (QED) is 0.288. The lowest BCUT2D eigenvalue weighted by atomic mass is 10.0. The summed E-state index contributed by atoms with van der Waals surface area (Å²) in [7, 11) is -3.84. The molecule has 0 fully saturated rings. The van der Waals surface area contributed by atoms with Crippen LogP contribution in [-0.4, -0.2) is 31.8 Å². The van der Waals surface area contributed by atoms with E-state index in [2.05, 4.69) is 15.4 Å². The minimum atomic E-state index is -3.84. The molecule has 2 amide bonds. The summed E-state index contributed by atoms with van der Waals surface area (Å²) in [6.07, 6.45) is 0.208. The number of hydrogen-bond acceptors (Lipinski definition) is 4. The largest absolute Gasteiger partial charge is 0.340 e. The van der Waals surface area contributed by atoms with Gasteiger partial charge in [0, 0.05) is 34.0 Å². The standard InChI is InChI=1S/C30H30FN3O4S/c1-30(2,3)34-39(37,38)27-14-8-11-23-24(27)12-7-13-25(23)32-29(36)26(19-20-9-5-4-6-10-20)33-28(35)21-15-17-22(31)18-16-21/h4-18,26,34H,19H2,1-3H3,(H,32,36)(H,33,35)/t26-/m0/s1. The van der Waals surface area contributed by atoms with E-state index in [0.717, 1.165) is 5.56 Å². The van der Waals surface area contributed by atoms with Gasteiger partial charge in [0.05, 0.1) is 4.90 Å². The summed E-state index contributed by atoms with van der Waals surface area (Å²) in [6.45, 7) is 5.28. The molecule has 0 saturated carbocycles. The number of nitrogens with one attached hydrogen (secondary N) is 3. The van der Waals surface area contributed by atoms with E-state index in [1.165, 1.54) is 30.3 Å². The number of halogens is 1. The van der Waals surface area contributed by atoms with Gasteiger partial charge in [-0.3, -0.25) is 9.59 Å². The molecule has 4 aromatic rings. The second-order valence-electron chi connectivity index (χ2n) is 10.2. The molecule has 0 aliphatic rings. The van der Waals surface area contributed by atoms with Gasteiger partial charge < -0.3 is 10.6 Å². The van der Waals surface area contributed by atoms with Crippen LogP contribution >= 0.6 is 0 Å². The zero-order chi connectivity index (χ0) is 28.2. The highest BCUT2D eigenvalue weighted by atomic mass is 32.2. The Bertz CT molecular complexity index is 1600. The Balaban J connectivity index is 1.65. The van der Waals surface area contributed by atoms with Crippen LogP contribution in [0, 0.1) is 5.82 Å². The third kappa shape index (κ3) is 7.07. The SMILES string of the molecule is CC(C)(C)NS(=O)(=O)c1cccc2c(NC(=O)[C@H](Cc3ccccc3)NC(=O)c3ccc(F)cc3)cccc12. The fourth-order valence-corrected chi connectivity index (χ4v) is 5.85. The zero-order valence-electron chi connectivity index (χ0n) is 21.9. The van der Waals surface area contributed by atoms with Gasteiger partial charge in [0.2, 0.25) is 15.9 Å². The zero-order valence-corrected chi connectivity index (χ0v) is 22.7. The third-order valence-electron chi connectivity index (χ3n) is 5.88. The molecular weight excluding hydrogens is 517 g/mol. The van der Waals surface area contributed by atoms with Crippen LogP contribution in [0.3, 0.4) is 0 Å². The molecule has 0 heterocycles. The van der Waals surface area contributed by atoms with Crippen molar-refractivity contribution in [2.45, 2.75) is 43.7 Å². The fourth-order valence-electron chi connectivity index (χ4n) is 4.20. The van der Waals surface area contributed by atoms with Crippen LogP contribution in [0.1, 0.15) is 36.7 Å². The maximum Gasteiger partial charge on any atom is 0.251 e. The van der Waals surface area contributed by atoms with Crippen LogP contribution < -0.4 is 15.4 Å². The maximum atomic E-state index is 13.5. The average molecular weight is 548 g/mol. The molecule has 0 bridgehead atoms. The number of fused-ring (bicyclic) bond motifs is 1. The molecule has 0 aliphatic heterocycles. The first-order valence-corrected chi connectivity index (χ1v) is 13.9. The van der Waals surface area contributed by atoms with Gasteiger partial charge in [0.15, 0.2) is 0 Å². The number of amides is 2. The normalized spacial score (nSPS) is 12.6. The minimum absolute atomic E-state index is 0.0940. The van der Waals surface area contributed by atoms with E-state index in [1.807, 2.05) is 30.3 Å². The lowest BCUT2D eigenvalue weighted by Crippen LogP contribution is -2.45. The number of sulfonamides is 1. The minimum Gasteiger partial charge on any atom is -0.340 e. The van der Waals surface area contributed by atoms with Gasteiger partial charge in [-0.05, 0) is 62.7 Å². The Kier molecular flexibility index (Phi) is 8.13. The van der Waals surface area contributed by atoms with Crippen molar-refractivity contribution in [3.05, 3.63) is 108 Å². The molecule has 0 spiro atoms. The molecule has 1 atom stereocenters. The Morgan fingerprint density at radius 2 is 1.46 bits per heavy atom. The highest BCUT2D eigenvalue weighted by molar-refractivity contribution is 7.89. The third-order valence-corrected chi connectivity index (χ3v) is 7.70. The molecule has 4 rings (SSSR count). The van der Waals surface area contributed by atoms with Crippen LogP contribution in [0.5, 0.6) is 0 Å². The molecule has 0 aromatic heterocycles. The monoisotopic (exact) mass is 547 g/mol. The van der Waals surface area contributed by atoms with Crippen LogP contribution in [0.25, 0.3) is 10.8 Å². The maximum absolute atomic E-state index is 13.5. The average Bonchev–Trinajstić information content (AvgIpc) is 2.87. The topological polar surface area (TPSA) is 104 Å². The van der Waals surface area contributed by atoms with E-state index >= 15 is 0 Å². The first-order valence-electron chi connectivity index (χ1n) is 12.4. The van der Waals surface area contributed by atoms with Gasteiger partial charge in [0.25, 0.3) is 5.91 Å². The second-order valence-corrected chi connectivity index (χ2v) is 11.9. The van der Waals surface area contributed by atoms with Crippen LogP contribution in [0.4, 0.5) is 10.1 Å². The van der Waals surface area contributed by atoms with Crippen LogP contribution in [0.2, 0.25) is 0 Å². The first-order chi connectivity index (χ1) is 18.4. The molecule has 0 unspecified atom stereocenters. The fraction of sp³-hybridized carbons (Fsp3) is 0.200. The highest BCUT2D eigenvalue weighted by Crippen LogP contribution is 2.29. The van der Waals surface area contributed by atoms with E-state index in [9.17, 15) is 22.4 Å². The summed E-state index contributed by atoms with van der Waals surface area (Å²) < 4.78 is 42.2. The van der Waals surface area contributed by atoms with E-state index in [0.29, 0.717) is 16.5 Å². The van der Waals surface area contributed by atoms with E-state index in [1.54, 1.807) is 51.1 Å². The van der Waals surface area contributed by atoms with Gasteiger partial charge in [0.1, 0.15) is 11.9 Å². The summed E-state index contributed by atoms with van der Waals surface area (Å²) in [5, 5.41) is 6.60. The van der Waals surface area contributed by atoms with Crippen LogP contribution in [0.15, 0.2) is 95.9 Å². The molecule has 0 saturated heterocycles. The summed E-state index contributed by atoms with van der Waals surface area (Å²) in [6, 6.07) is 23.2. The lowest BCUT2D eigenvalue weighted by molar-refractivity contribution is -0.118. The van der Waals surface area contributed by atoms with Crippen molar-refractivity contribution in [2.75, 3.05) is 5.32 Å². The summed E-state index contributed by atoms with van der Waals surface area (Å²) in [5.41, 5.74) is 0.768. The Labute approximate surface area is 227 Å². The summed E-state index contributed by atoms with van der Waals surface area (Å²) in [4.78, 5) is 26.5. The Hall–Kier alpha value is -4.08. The van der Waals surface area contributed by atoms with Gasteiger partial charge >= 0.3 is 0 Å². The van der Waals surface area contributed by atoms with Gasteiger partial charge in [-0.25, -0.2) is 17.5 Å². The molecule has 0 aliphatic carbocycles. The number of anilines is 1. The van der Waals surface area contributed by atoms with Crippen molar-refractivity contribution in [2.24, 2.45) is 0 Å². The number of hydrogen-bond donors (Lipinski definition) is 3. The molecule has 39 heavy (non-hydrogen) atoms. The molecule has 202 valence electrons. The van der Waals surface area contributed by atoms with Crippen LogP contribution in [-0.2, 0) is 21.2 Å². The van der Waals surface area contributed by atoms with E-state index in [-0.39, 0.29) is 16.9 Å². The highest BCUT2D eigenvalue weighted by Gasteiger charge is 2.26. The molecule has 3 N–H and O–H groups in total. The summed E-state index contributed by atoms with van der Waals surface area (Å²) in [5.74, 6) is -1.48. The molecular formula is C30H30FN3O4S. The number of carbonyl (C=O) groups excluding carboxylic acids is 2. The first kappa shape index (κ1) is 27.9. The van der Waals surface area contributed by atoms with Crippen molar-refractivity contribution < 1.29 is 22.4 Å². The van der Waals surface area contributed by atoms with E-state index < -0.39 is 39.2 Å². The number of carbonyl (C=O) groups is 2. The smallest absolute Gasteiger partial charge is 0.251 e.